The summed E-state index contributed by atoms with van der Waals surface area (Å²) < 4.78 is 16.0. The smallest absolute Gasteiger partial charge is 0.186 e. The van der Waals surface area contributed by atoms with E-state index in [9.17, 15) is 4.39 Å². The zero-order chi connectivity index (χ0) is 15.0. The monoisotopic (exact) mass is 290 g/mol. The summed E-state index contributed by atoms with van der Waals surface area (Å²) in [6, 6.07) is 0. The van der Waals surface area contributed by atoms with Gasteiger partial charge in [0.05, 0.1) is 17.6 Å². The van der Waals surface area contributed by atoms with Crippen LogP contribution in [0.25, 0.3) is 0 Å². The van der Waals surface area contributed by atoms with E-state index in [1.165, 1.54) is 0 Å². The molecule has 1 aliphatic rings. The van der Waals surface area contributed by atoms with Crippen molar-refractivity contribution in [2.75, 3.05) is 36.0 Å². The van der Waals surface area contributed by atoms with Crippen LogP contribution in [-0.2, 0) is 7.05 Å². The Labute approximate surface area is 123 Å². The molecule has 0 N–H and O–H groups in total. The molecule has 1 saturated heterocycles. The molecule has 0 aliphatic carbocycles. The predicted octanol–water partition coefficient (Wildman–Crippen LogP) is 1.29. The van der Waals surface area contributed by atoms with Crippen molar-refractivity contribution in [3.05, 3.63) is 29.7 Å². The second-order valence-corrected chi connectivity index (χ2v) is 5.34. The SMILES string of the molecule is Cc1nc(C)c(F)c(N2CCN(c3cnn(C)c3)CC2)n1. The maximum atomic E-state index is 14.2. The van der Waals surface area contributed by atoms with Gasteiger partial charge in [-0.05, 0) is 13.8 Å². The van der Waals surface area contributed by atoms with Crippen molar-refractivity contribution >= 4 is 11.5 Å². The van der Waals surface area contributed by atoms with Gasteiger partial charge in [0.25, 0.3) is 0 Å². The zero-order valence-corrected chi connectivity index (χ0v) is 12.5. The molecule has 0 unspecified atom stereocenters. The fourth-order valence-corrected chi connectivity index (χ4v) is 2.64. The van der Waals surface area contributed by atoms with Crippen molar-refractivity contribution in [3.8, 4) is 0 Å². The Bertz CT molecular complexity index is 645. The second-order valence-electron chi connectivity index (χ2n) is 5.34. The normalized spacial score (nSPS) is 15.6. The quantitative estimate of drug-likeness (QED) is 0.834. The predicted molar refractivity (Wildman–Crippen MR) is 79.1 cm³/mol. The van der Waals surface area contributed by atoms with E-state index in [0.29, 0.717) is 17.3 Å². The summed E-state index contributed by atoms with van der Waals surface area (Å²) in [5, 5.41) is 4.19. The van der Waals surface area contributed by atoms with Crippen LogP contribution in [0.15, 0.2) is 12.4 Å². The van der Waals surface area contributed by atoms with Crippen molar-refractivity contribution in [3.63, 3.8) is 0 Å². The molecule has 0 radical (unpaired) electrons. The van der Waals surface area contributed by atoms with Crippen molar-refractivity contribution < 1.29 is 4.39 Å². The van der Waals surface area contributed by atoms with Crippen molar-refractivity contribution in [2.45, 2.75) is 13.8 Å². The van der Waals surface area contributed by atoms with Crippen LogP contribution in [0.3, 0.4) is 0 Å². The van der Waals surface area contributed by atoms with Gasteiger partial charge < -0.3 is 9.80 Å². The average Bonchev–Trinajstić information content (AvgIpc) is 2.90. The molecule has 2 aromatic heterocycles. The van der Waals surface area contributed by atoms with Crippen LogP contribution in [0.1, 0.15) is 11.5 Å². The average molecular weight is 290 g/mol. The molecule has 7 heteroatoms. The lowest BCUT2D eigenvalue weighted by Gasteiger charge is -2.36. The van der Waals surface area contributed by atoms with Crippen LogP contribution in [0.5, 0.6) is 0 Å². The van der Waals surface area contributed by atoms with Gasteiger partial charge in [0, 0.05) is 39.4 Å². The summed E-state index contributed by atoms with van der Waals surface area (Å²) in [6.07, 6.45) is 3.85. The number of rotatable bonds is 2. The molecule has 0 bridgehead atoms. The van der Waals surface area contributed by atoms with Crippen LogP contribution in [0.4, 0.5) is 15.9 Å². The zero-order valence-electron chi connectivity index (χ0n) is 12.5. The first-order valence-electron chi connectivity index (χ1n) is 7.04. The molecule has 3 heterocycles. The summed E-state index contributed by atoms with van der Waals surface area (Å²) in [7, 11) is 1.90. The number of aromatic nitrogens is 4. The van der Waals surface area contributed by atoms with E-state index in [4.69, 9.17) is 0 Å². The first-order valence-corrected chi connectivity index (χ1v) is 7.04. The molecule has 21 heavy (non-hydrogen) atoms. The standard InChI is InChI=1S/C14H19FN6/c1-10-13(15)14(18-11(2)17-10)21-6-4-20(5-7-21)12-8-16-19(3)9-12/h8-9H,4-7H2,1-3H3. The Balaban J connectivity index is 1.74. The van der Waals surface area contributed by atoms with E-state index < -0.39 is 0 Å². The molecule has 0 saturated carbocycles. The Morgan fingerprint density at radius 2 is 1.71 bits per heavy atom. The van der Waals surface area contributed by atoms with Gasteiger partial charge in [-0.15, -0.1) is 0 Å². The molecular formula is C14H19FN6. The van der Waals surface area contributed by atoms with Gasteiger partial charge in [-0.3, -0.25) is 4.68 Å². The van der Waals surface area contributed by atoms with Crippen LogP contribution >= 0.6 is 0 Å². The molecule has 1 fully saturated rings. The number of hydrogen-bond acceptors (Lipinski definition) is 5. The Morgan fingerprint density at radius 1 is 1.05 bits per heavy atom. The third-order valence-electron chi connectivity index (χ3n) is 3.75. The van der Waals surface area contributed by atoms with E-state index in [1.807, 2.05) is 24.3 Å². The van der Waals surface area contributed by atoms with Gasteiger partial charge >= 0.3 is 0 Å². The minimum absolute atomic E-state index is 0.310. The Hall–Kier alpha value is -2.18. The number of piperazine rings is 1. The minimum Gasteiger partial charge on any atom is -0.365 e. The highest BCUT2D eigenvalue weighted by Crippen LogP contribution is 2.22. The first-order chi connectivity index (χ1) is 10.0. The lowest BCUT2D eigenvalue weighted by Crippen LogP contribution is -2.47. The molecular weight excluding hydrogens is 271 g/mol. The highest BCUT2D eigenvalue weighted by molar-refractivity contribution is 5.48. The largest absolute Gasteiger partial charge is 0.365 e. The summed E-state index contributed by atoms with van der Waals surface area (Å²) in [6.45, 7) is 6.60. The maximum Gasteiger partial charge on any atom is 0.186 e. The van der Waals surface area contributed by atoms with Gasteiger partial charge in [0.1, 0.15) is 5.82 Å². The Kier molecular flexibility index (Phi) is 3.48. The maximum absolute atomic E-state index is 14.2. The number of hydrogen-bond donors (Lipinski definition) is 0. The van der Waals surface area contributed by atoms with Gasteiger partial charge in [-0.25, -0.2) is 14.4 Å². The Morgan fingerprint density at radius 3 is 2.33 bits per heavy atom. The van der Waals surface area contributed by atoms with Gasteiger partial charge in [-0.1, -0.05) is 0 Å². The number of halogens is 1. The van der Waals surface area contributed by atoms with Crippen LogP contribution in [-0.4, -0.2) is 45.9 Å². The molecule has 2 aromatic rings. The minimum atomic E-state index is -0.310. The molecule has 3 rings (SSSR count). The van der Waals surface area contributed by atoms with Crippen LogP contribution < -0.4 is 9.80 Å². The van der Waals surface area contributed by atoms with Crippen LogP contribution in [0, 0.1) is 19.7 Å². The van der Waals surface area contributed by atoms with Crippen molar-refractivity contribution in [1.82, 2.24) is 19.7 Å². The number of aryl methyl sites for hydroxylation is 3. The second kappa shape index (κ2) is 5.31. The van der Waals surface area contributed by atoms with Crippen molar-refractivity contribution in [1.29, 1.82) is 0 Å². The van der Waals surface area contributed by atoms with E-state index in [-0.39, 0.29) is 5.82 Å². The molecule has 0 spiro atoms. The fourth-order valence-electron chi connectivity index (χ4n) is 2.64. The van der Waals surface area contributed by atoms with Gasteiger partial charge in [-0.2, -0.15) is 5.10 Å². The highest BCUT2D eigenvalue weighted by Gasteiger charge is 2.22. The van der Waals surface area contributed by atoms with E-state index >= 15 is 0 Å². The molecule has 0 atom stereocenters. The third kappa shape index (κ3) is 2.68. The summed E-state index contributed by atoms with van der Waals surface area (Å²) in [5.41, 5.74) is 1.51. The fraction of sp³-hybridized carbons (Fsp3) is 0.500. The molecule has 1 aliphatic heterocycles. The molecule has 0 amide bonds. The molecule has 112 valence electrons. The molecule has 0 aromatic carbocycles. The number of anilines is 2. The van der Waals surface area contributed by atoms with E-state index in [1.54, 1.807) is 18.5 Å². The first kappa shape index (κ1) is 13.8. The van der Waals surface area contributed by atoms with Gasteiger partial charge in [0.2, 0.25) is 0 Å². The summed E-state index contributed by atoms with van der Waals surface area (Å²) in [4.78, 5) is 12.6. The summed E-state index contributed by atoms with van der Waals surface area (Å²) >= 11 is 0. The number of nitrogens with zero attached hydrogens (tertiary/aromatic N) is 6. The van der Waals surface area contributed by atoms with Crippen molar-refractivity contribution in [2.24, 2.45) is 7.05 Å². The lowest BCUT2D eigenvalue weighted by atomic mass is 10.2. The summed E-state index contributed by atoms with van der Waals surface area (Å²) in [5.74, 6) is 0.722. The van der Waals surface area contributed by atoms with Crippen LogP contribution in [0.2, 0.25) is 0 Å². The molecule has 6 nitrogen and oxygen atoms in total. The van der Waals surface area contributed by atoms with E-state index in [2.05, 4.69) is 20.0 Å². The topological polar surface area (TPSA) is 50.1 Å². The lowest BCUT2D eigenvalue weighted by molar-refractivity contribution is 0.572. The van der Waals surface area contributed by atoms with E-state index in [0.717, 1.165) is 31.9 Å². The highest BCUT2D eigenvalue weighted by atomic mass is 19.1. The van der Waals surface area contributed by atoms with Gasteiger partial charge in [0.15, 0.2) is 11.6 Å². The third-order valence-corrected chi connectivity index (χ3v) is 3.75.